The second-order valence-electron chi connectivity index (χ2n) is 4.74. The molecule has 0 unspecified atom stereocenters. The van der Waals surface area contributed by atoms with Crippen LogP contribution in [-0.4, -0.2) is 42.1 Å². The summed E-state index contributed by atoms with van der Waals surface area (Å²) in [6, 6.07) is 1.94. The molecule has 0 aliphatic heterocycles. The van der Waals surface area contributed by atoms with Crippen molar-refractivity contribution in [1.82, 2.24) is 15.3 Å². The van der Waals surface area contributed by atoms with E-state index in [2.05, 4.69) is 27.5 Å². The maximum atomic E-state index is 11.7. The van der Waals surface area contributed by atoms with E-state index in [0.29, 0.717) is 5.95 Å². The third kappa shape index (κ3) is 5.54. The minimum atomic E-state index is -0.0146. The van der Waals surface area contributed by atoms with Gasteiger partial charge in [0.25, 0.3) is 0 Å². The lowest BCUT2D eigenvalue weighted by atomic mass is 10.4. The minimum absolute atomic E-state index is 0.0146. The van der Waals surface area contributed by atoms with Crippen LogP contribution in [0.25, 0.3) is 0 Å². The number of hydrogen-bond acceptors (Lipinski definition) is 5. The molecule has 0 saturated heterocycles. The number of carbonyl (C=O) groups excluding carboxylic acids is 1. The average molecular weight is 265 g/mol. The zero-order chi connectivity index (χ0) is 14.3. The lowest BCUT2D eigenvalue weighted by Gasteiger charge is -2.19. The number of nitrogens with one attached hydrogen (secondary N) is 2. The molecule has 6 nitrogen and oxygen atoms in total. The van der Waals surface area contributed by atoms with Gasteiger partial charge in [0.15, 0.2) is 0 Å². The molecule has 0 atom stereocenters. The van der Waals surface area contributed by atoms with Gasteiger partial charge in [0, 0.05) is 25.8 Å². The third-order valence-corrected chi connectivity index (χ3v) is 2.40. The summed E-state index contributed by atoms with van der Waals surface area (Å²) >= 11 is 0. The van der Waals surface area contributed by atoms with E-state index in [4.69, 9.17) is 0 Å². The predicted octanol–water partition coefficient (Wildman–Crippen LogP) is 1.26. The van der Waals surface area contributed by atoms with Gasteiger partial charge >= 0.3 is 0 Å². The largest absolute Gasteiger partial charge is 0.354 e. The fourth-order valence-corrected chi connectivity index (χ4v) is 1.55. The number of nitrogens with zero attached hydrogens (tertiary/aromatic N) is 3. The molecule has 0 saturated carbocycles. The summed E-state index contributed by atoms with van der Waals surface area (Å²) in [7, 11) is 1.84. The topological polar surface area (TPSA) is 70.2 Å². The van der Waals surface area contributed by atoms with Crippen molar-refractivity contribution in [2.24, 2.45) is 0 Å². The van der Waals surface area contributed by atoms with Gasteiger partial charge in [-0.05, 0) is 26.3 Å². The van der Waals surface area contributed by atoms with Crippen LogP contribution in [-0.2, 0) is 4.79 Å². The van der Waals surface area contributed by atoms with Gasteiger partial charge in [-0.2, -0.15) is 4.98 Å². The van der Waals surface area contributed by atoms with E-state index in [1.165, 1.54) is 0 Å². The van der Waals surface area contributed by atoms with Crippen LogP contribution in [0, 0.1) is 0 Å². The zero-order valence-corrected chi connectivity index (χ0v) is 12.1. The Morgan fingerprint density at radius 1 is 1.47 bits per heavy atom. The van der Waals surface area contributed by atoms with Crippen LogP contribution in [0.4, 0.5) is 11.8 Å². The van der Waals surface area contributed by atoms with E-state index in [-0.39, 0.29) is 18.5 Å². The zero-order valence-electron chi connectivity index (χ0n) is 12.1. The SMILES string of the molecule is CCCNc1nccc(N(C)CC(=O)NC(C)C)n1. The summed E-state index contributed by atoms with van der Waals surface area (Å²) in [5, 5.41) is 5.98. The molecular formula is C13H23N5O. The van der Waals surface area contributed by atoms with Crippen LogP contribution < -0.4 is 15.5 Å². The van der Waals surface area contributed by atoms with Crippen LogP contribution >= 0.6 is 0 Å². The van der Waals surface area contributed by atoms with E-state index in [1.807, 2.05) is 20.9 Å². The minimum Gasteiger partial charge on any atom is -0.354 e. The van der Waals surface area contributed by atoms with Crippen molar-refractivity contribution >= 4 is 17.7 Å². The van der Waals surface area contributed by atoms with Crippen molar-refractivity contribution in [3.8, 4) is 0 Å². The summed E-state index contributed by atoms with van der Waals surface area (Å²) in [5.74, 6) is 1.31. The molecular weight excluding hydrogens is 242 g/mol. The molecule has 0 radical (unpaired) electrons. The Labute approximate surface area is 114 Å². The first-order valence-electron chi connectivity index (χ1n) is 6.60. The Bertz CT molecular complexity index is 408. The van der Waals surface area contributed by atoms with Crippen LogP contribution in [0.1, 0.15) is 27.2 Å². The normalized spacial score (nSPS) is 10.4. The molecule has 2 N–H and O–H groups in total. The first-order chi connectivity index (χ1) is 9.02. The number of likely N-dealkylation sites (N-methyl/N-ethyl adjacent to an activating group) is 1. The standard InChI is InChI=1S/C13H23N5O/c1-5-7-14-13-15-8-6-11(17-13)18(4)9-12(19)16-10(2)3/h6,8,10H,5,7,9H2,1-4H3,(H,16,19)(H,14,15,17). The highest BCUT2D eigenvalue weighted by Gasteiger charge is 2.10. The Kier molecular flexibility index (Phi) is 6.05. The van der Waals surface area contributed by atoms with E-state index in [0.717, 1.165) is 18.8 Å². The molecule has 1 rings (SSSR count). The van der Waals surface area contributed by atoms with Gasteiger partial charge in [-0.25, -0.2) is 4.98 Å². The van der Waals surface area contributed by atoms with Crippen LogP contribution in [0.15, 0.2) is 12.3 Å². The van der Waals surface area contributed by atoms with Gasteiger partial charge < -0.3 is 15.5 Å². The lowest BCUT2D eigenvalue weighted by Crippen LogP contribution is -2.38. The number of aromatic nitrogens is 2. The van der Waals surface area contributed by atoms with Crippen molar-refractivity contribution in [3.63, 3.8) is 0 Å². The number of anilines is 2. The van der Waals surface area contributed by atoms with Crippen molar-refractivity contribution < 1.29 is 4.79 Å². The Morgan fingerprint density at radius 2 is 2.21 bits per heavy atom. The van der Waals surface area contributed by atoms with E-state index >= 15 is 0 Å². The van der Waals surface area contributed by atoms with Crippen LogP contribution in [0.2, 0.25) is 0 Å². The lowest BCUT2D eigenvalue weighted by molar-refractivity contribution is -0.120. The molecule has 0 aromatic carbocycles. The summed E-state index contributed by atoms with van der Waals surface area (Å²) in [4.78, 5) is 22.0. The van der Waals surface area contributed by atoms with Gasteiger partial charge in [0.2, 0.25) is 11.9 Å². The number of carbonyl (C=O) groups is 1. The second-order valence-corrected chi connectivity index (χ2v) is 4.74. The number of rotatable bonds is 7. The molecule has 1 heterocycles. The quantitative estimate of drug-likeness (QED) is 0.776. The molecule has 19 heavy (non-hydrogen) atoms. The van der Waals surface area contributed by atoms with E-state index in [1.54, 1.807) is 17.2 Å². The van der Waals surface area contributed by atoms with Gasteiger partial charge in [-0.3, -0.25) is 4.79 Å². The number of hydrogen-bond donors (Lipinski definition) is 2. The second kappa shape index (κ2) is 7.56. The maximum absolute atomic E-state index is 11.7. The summed E-state index contributed by atoms with van der Waals surface area (Å²) in [6.07, 6.45) is 2.71. The first-order valence-corrected chi connectivity index (χ1v) is 6.60. The van der Waals surface area contributed by atoms with Gasteiger partial charge in [-0.15, -0.1) is 0 Å². The average Bonchev–Trinajstić information content (AvgIpc) is 2.35. The predicted molar refractivity (Wildman–Crippen MR) is 77.4 cm³/mol. The molecule has 106 valence electrons. The maximum Gasteiger partial charge on any atom is 0.239 e. The molecule has 0 aliphatic carbocycles. The third-order valence-electron chi connectivity index (χ3n) is 2.40. The highest BCUT2D eigenvalue weighted by Crippen LogP contribution is 2.09. The van der Waals surface area contributed by atoms with Crippen LogP contribution in [0.5, 0.6) is 0 Å². The monoisotopic (exact) mass is 265 g/mol. The van der Waals surface area contributed by atoms with Crippen molar-refractivity contribution in [3.05, 3.63) is 12.3 Å². The van der Waals surface area contributed by atoms with Crippen LogP contribution in [0.3, 0.4) is 0 Å². The fraction of sp³-hybridized carbons (Fsp3) is 0.615. The number of amides is 1. The smallest absolute Gasteiger partial charge is 0.239 e. The molecule has 0 fully saturated rings. The Balaban J connectivity index is 2.60. The van der Waals surface area contributed by atoms with Gasteiger partial charge in [0.1, 0.15) is 5.82 Å². The first kappa shape index (κ1) is 15.2. The molecule has 0 aliphatic rings. The Hall–Kier alpha value is -1.85. The van der Waals surface area contributed by atoms with E-state index in [9.17, 15) is 4.79 Å². The van der Waals surface area contributed by atoms with Crippen molar-refractivity contribution in [2.75, 3.05) is 30.4 Å². The summed E-state index contributed by atoms with van der Waals surface area (Å²) in [6.45, 7) is 7.08. The highest BCUT2D eigenvalue weighted by atomic mass is 16.2. The molecule has 0 spiro atoms. The van der Waals surface area contributed by atoms with Gasteiger partial charge in [0.05, 0.1) is 6.54 Å². The molecule has 1 aromatic rings. The highest BCUT2D eigenvalue weighted by molar-refractivity contribution is 5.81. The summed E-state index contributed by atoms with van der Waals surface area (Å²) < 4.78 is 0. The molecule has 0 bridgehead atoms. The Morgan fingerprint density at radius 3 is 2.84 bits per heavy atom. The van der Waals surface area contributed by atoms with Crippen molar-refractivity contribution in [2.45, 2.75) is 33.2 Å². The molecule has 1 amide bonds. The van der Waals surface area contributed by atoms with Gasteiger partial charge in [-0.1, -0.05) is 6.92 Å². The summed E-state index contributed by atoms with van der Waals surface area (Å²) in [5.41, 5.74) is 0. The molecule has 1 aromatic heterocycles. The molecule has 6 heteroatoms. The fourth-order valence-electron chi connectivity index (χ4n) is 1.55. The van der Waals surface area contributed by atoms with E-state index < -0.39 is 0 Å². The van der Waals surface area contributed by atoms with Crippen molar-refractivity contribution in [1.29, 1.82) is 0 Å².